The molecule has 1 unspecified atom stereocenters. The van der Waals surface area contributed by atoms with Gasteiger partial charge in [-0.3, -0.25) is 0 Å². The average molecular weight is 240 g/mol. The molecule has 0 aliphatic carbocycles. The van der Waals surface area contributed by atoms with Crippen LogP contribution < -0.4 is 10.6 Å². The minimum absolute atomic E-state index is 0.190. The SMILES string of the molecule is CNc1cc(NC(C)COC)nc(COC)n1. The molecule has 96 valence electrons. The maximum absolute atomic E-state index is 5.06. The van der Waals surface area contributed by atoms with Crippen molar-refractivity contribution >= 4 is 11.6 Å². The van der Waals surface area contributed by atoms with E-state index in [1.165, 1.54) is 0 Å². The fourth-order valence-corrected chi connectivity index (χ4v) is 1.44. The van der Waals surface area contributed by atoms with Crippen LogP contribution in [-0.4, -0.2) is 43.9 Å². The number of nitrogens with one attached hydrogen (secondary N) is 2. The van der Waals surface area contributed by atoms with Crippen LogP contribution in [0, 0.1) is 0 Å². The average Bonchev–Trinajstić information content (AvgIpc) is 2.29. The fraction of sp³-hybridized carbons (Fsp3) is 0.636. The largest absolute Gasteiger partial charge is 0.383 e. The van der Waals surface area contributed by atoms with Crippen LogP contribution in [0.15, 0.2) is 6.07 Å². The second-order valence-corrected chi connectivity index (χ2v) is 3.74. The topological polar surface area (TPSA) is 68.3 Å². The highest BCUT2D eigenvalue weighted by atomic mass is 16.5. The molecule has 0 aliphatic rings. The van der Waals surface area contributed by atoms with Gasteiger partial charge >= 0.3 is 0 Å². The van der Waals surface area contributed by atoms with Crippen LogP contribution in [0.25, 0.3) is 0 Å². The molecule has 0 aromatic carbocycles. The van der Waals surface area contributed by atoms with Crippen molar-refractivity contribution in [2.75, 3.05) is 38.5 Å². The van der Waals surface area contributed by atoms with Gasteiger partial charge in [0, 0.05) is 33.4 Å². The van der Waals surface area contributed by atoms with Crippen molar-refractivity contribution in [3.8, 4) is 0 Å². The highest BCUT2D eigenvalue weighted by Gasteiger charge is 2.06. The van der Waals surface area contributed by atoms with E-state index in [0.717, 1.165) is 11.6 Å². The van der Waals surface area contributed by atoms with Gasteiger partial charge in [0.25, 0.3) is 0 Å². The summed E-state index contributed by atoms with van der Waals surface area (Å²) in [7, 11) is 5.12. The third-order valence-electron chi connectivity index (χ3n) is 2.11. The maximum Gasteiger partial charge on any atom is 0.158 e. The molecule has 0 saturated carbocycles. The number of anilines is 2. The van der Waals surface area contributed by atoms with Gasteiger partial charge in [-0.05, 0) is 6.92 Å². The van der Waals surface area contributed by atoms with Crippen LogP contribution in [0.3, 0.4) is 0 Å². The molecule has 0 fully saturated rings. The summed E-state index contributed by atoms with van der Waals surface area (Å²) in [5, 5.41) is 6.24. The molecule has 0 bridgehead atoms. The van der Waals surface area contributed by atoms with Gasteiger partial charge in [0.2, 0.25) is 0 Å². The normalized spacial score (nSPS) is 12.2. The predicted molar refractivity (Wildman–Crippen MR) is 67.3 cm³/mol. The molecule has 1 rings (SSSR count). The standard InChI is InChI=1S/C11H20N4O2/c1-8(6-16-3)13-10-5-9(12-2)14-11(15-10)7-17-4/h5,8H,6-7H2,1-4H3,(H2,12,13,14,15). The Balaban J connectivity index is 2.79. The lowest BCUT2D eigenvalue weighted by Gasteiger charge is -2.14. The van der Waals surface area contributed by atoms with E-state index in [0.29, 0.717) is 19.0 Å². The monoisotopic (exact) mass is 240 g/mol. The molecule has 0 spiro atoms. The lowest BCUT2D eigenvalue weighted by atomic mass is 10.3. The van der Waals surface area contributed by atoms with E-state index in [1.807, 2.05) is 20.0 Å². The van der Waals surface area contributed by atoms with Crippen LogP contribution in [0.4, 0.5) is 11.6 Å². The summed E-state index contributed by atoms with van der Waals surface area (Å²) in [6, 6.07) is 2.04. The number of aromatic nitrogens is 2. The number of rotatable bonds is 7. The Morgan fingerprint density at radius 3 is 2.53 bits per heavy atom. The third kappa shape index (κ3) is 4.54. The Morgan fingerprint density at radius 1 is 1.24 bits per heavy atom. The van der Waals surface area contributed by atoms with Crippen molar-refractivity contribution in [1.82, 2.24) is 9.97 Å². The summed E-state index contributed by atoms with van der Waals surface area (Å²) in [4.78, 5) is 8.63. The molecule has 6 nitrogen and oxygen atoms in total. The predicted octanol–water partition coefficient (Wildman–Crippen LogP) is 1.11. The zero-order chi connectivity index (χ0) is 12.7. The Bertz CT molecular complexity index is 346. The summed E-state index contributed by atoms with van der Waals surface area (Å²) < 4.78 is 10.1. The smallest absolute Gasteiger partial charge is 0.158 e. The molecule has 1 heterocycles. The molecule has 0 radical (unpaired) electrons. The zero-order valence-corrected chi connectivity index (χ0v) is 10.8. The van der Waals surface area contributed by atoms with E-state index in [-0.39, 0.29) is 6.04 Å². The lowest BCUT2D eigenvalue weighted by molar-refractivity contribution is 0.178. The number of nitrogens with zero attached hydrogens (tertiary/aromatic N) is 2. The molecule has 2 N–H and O–H groups in total. The quantitative estimate of drug-likeness (QED) is 0.744. The first kappa shape index (κ1) is 13.7. The molecular weight excluding hydrogens is 220 g/mol. The van der Waals surface area contributed by atoms with Crippen LogP contribution in [0.1, 0.15) is 12.7 Å². The number of methoxy groups -OCH3 is 2. The van der Waals surface area contributed by atoms with Crippen LogP contribution >= 0.6 is 0 Å². The first-order valence-corrected chi connectivity index (χ1v) is 5.49. The first-order valence-electron chi connectivity index (χ1n) is 5.49. The Labute approximate surface area is 102 Å². The minimum atomic E-state index is 0.190. The lowest BCUT2D eigenvalue weighted by Crippen LogP contribution is -2.22. The number of ether oxygens (including phenoxy) is 2. The van der Waals surface area contributed by atoms with Crippen LogP contribution in [-0.2, 0) is 16.1 Å². The molecule has 0 aliphatic heterocycles. The van der Waals surface area contributed by atoms with Gasteiger partial charge in [0.1, 0.15) is 18.2 Å². The van der Waals surface area contributed by atoms with E-state index < -0.39 is 0 Å². The van der Waals surface area contributed by atoms with Gasteiger partial charge in [-0.15, -0.1) is 0 Å². The van der Waals surface area contributed by atoms with E-state index in [1.54, 1.807) is 14.2 Å². The molecular formula is C11H20N4O2. The number of hydrogen-bond donors (Lipinski definition) is 2. The third-order valence-corrected chi connectivity index (χ3v) is 2.11. The Kier molecular flexibility index (Phi) is 5.65. The first-order chi connectivity index (χ1) is 8.19. The van der Waals surface area contributed by atoms with E-state index >= 15 is 0 Å². The van der Waals surface area contributed by atoms with Crippen molar-refractivity contribution < 1.29 is 9.47 Å². The molecule has 0 amide bonds. The number of hydrogen-bond acceptors (Lipinski definition) is 6. The van der Waals surface area contributed by atoms with Crippen molar-refractivity contribution in [2.24, 2.45) is 0 Å². The minimum Gasteiger partial charge on any atom is -0.383 e. The summed E-state index contributed by atoms with van der Waals surface area (Å²) in [6.45, 7) is 3.04. The van der Waals surface area contributed by atoms with E-state index in [2.05, 4.69) is 20.6 Å². The highest BCUT2D eigenvalue weighted by Crippen LogP contribution is 2.12. The van der Waals surface area contributed by atoms with Gasteiger partial charge in [0.05, 0.1) is 6.61 Å². The molecule has 1 aromatic rings. The van der Waals surface area contributed by atoms with E-state index in [9.17, 15) is 0 Å². The molecule has 6 heteroatoms. The van der Waals surface area contributed by atoms with Crippen molar-refractivity contribution in [1.29, 1.82) is 0 Å². The van der Waals surface area contributed by atoms with Crippen LogP contribution in [0.2, 0.25) is 0 Å². The molecule has 0 saturated heterocycles. The second kappa shape index (κ2) is 7.03. The van der Waals surface area contributed by atoms with Crippen molar-refractivity contribution in [3.05, 3.63) is 11.9 Å². The Hall–Kier alpha value is -1.40. The molecule has 1 aromatic heterocycles. The second-order valence-electron chi connectivity index (χ2n) is 3.74. The van der Waals surface area contributed by atoms with Gasteiger partial charge in [-0.25, -0.2) is 9.97 Å². The fourth-order valence-electron chi connectivity index (χ4n) is 1.44. The summed E-state index contributed by atoms with van der Waals surface area (Å²) in [5.41, 5.74) is 0. The zero-order valence-electron chi connectivity index (χ0n) is 10.8. The Morgan fingerprint density at radius 2 is 1.94 bits per heavy atom. The van der Waals surface area contributed by atoms with Gasteiger partial charge in [-0.1, -0.05) is 0 Å². The summed E-state index contributed by atoms with van der Waals surface area (Å²) in [6.07, 6.45) is 0. The maximum atomic E-state index is 5.06. The highest BCUT2D eigenvalue weighted by molar-refractivity contribution is 5.47. The summed E-state index contributed by atoms with van der Waals surface area (Å²) >= 11 is 0. The van der Waals surface area contributed by atoms with Gasteiger partial charge < -0.3 is 20.1 Å². The summed E-state index contributed by atoms with van der Waals surface area (Å²) in [5.74, 6) is 2.17. The molecule has 1 atom stereocenters. The molecule has 17 heavy (non-hydrogen) atoms. The van der Waals surface area contributed by atoms with Gasteiger partial charge in [0.15, 0.2) is 5.82 Å². The van der Waals surface area contributed by atoms with Crippen LogP contribution in [0.5, 0.6) is 0 Å². The van der Waals surface area contributed by atoms with Gasteiger partial charge in [-0.2, -0.15) is 0 Å². The van der Waals surface area contributed by atoms with Crippen molar-refractivity contribution in [2.45, 2.75) is 19.6 Å². The van der Waals surface area contributed by atoms with E-state index in [4.69, 9.17) is 9.47 Å². The van der Waals surface area contributed by atoms with Crippen molar-refractivity contribution in [3.63, 3.8) is 0 Å².